The number of piperidine rings is 2. The average Bonchev–Trinajstić information content (AvgIpc) is 3.71. The van der Waals surface area contributed by atoms with E-state index in [1.807, 2.05) is 26.0 Å². The van der Waals surface area contributed by atoms with Crippen LogP contribution in [0.2, 0.25) is 0 Å². The van der Waals surface area contributed by atoms with Crippen LogP contribution in [0.15, 0.2) is 41.6 Å². The summed E-state index contributed by atoms with van der Waals surface area (Å²) in [6.07, 6.45) is 11.9. The van der Waals surface area contributed by atoms with Gasteiger partial charge in [-0.25, -0.2) is 18.4 Å². The number of hydrogen-bond acceptors (Lipinski definition) is 11. The van der Waals surface area contributed by atoms with Crippen molar-refractivity contribution in [1.82, 2.24) is 35.3 Å². The number of amides is 3. The number of imide groups is 1. The Labute approximate surface area is 347 Å². The zero-order chi connectivity index (χ0) is 41.9. The SMILES string of the molecule is Cc1[nH]nc(Nc2ncnc3cc(OCC4CCN(CCCCCCCCc5cccc6c5CN(C5CCC(=O)NC5=O)C6=O)CC4)c(S(=O)(=O)C(C)(C)C)cc23)c1C. The van der Waals surface area contributed by atoms with Crippen molar-refractivity contribution in [3.63, 3.8) is 0 Å². The molecule has 2 aromatic heterocycles. The second kappa shape index (κ2) is 17.8. The number of nitrogens with one attached hydrogen (secondary N) is 3. The molecule has 2 fully saturated rings. The molecule has 59 heavy (non-hydrogen) atoms. The molecule has 7 rings (SSSR count). The largest absolute Gasteiger partial charge is 0.492 e. The van der Waals surface area contributed by atoms with Crippen molar-refractivity contribution < 1.29 is 27.5 Å². The van der Waals surface area contributed by atoms with Crippen LogP contribution in [-0.4, -0.2) is 93.1 Å². The van der Waals surface area contributed by atoms with Crippen LogP contribution in [0.4, 0.5) is 11.6 Å². The second-order valence-corrected chi connectivity index (χ2v) is 20.1. The predicted octanol–water partition coefficient (Wildman–Crippen LogP) is 6.72. The normalized spacial score (nSPS) is 18.1. The summed E-state index contributed by atoms with van der Waals surface area (Å²) in [5.74, 6) is 0.978. The van der Waals surface area contributed by atoms with Crippen LogP contribution in [0, 0.1) is 19.8 Å². The average molecular weight is 827 g/mol. The second-order valence-electron chi connectivity index (χ2n) is 17.4. The van der Waals surface area contributed by atoms with E-state index in [2.05, 4.69) is 41.8 Å². The Morgan fingerprint density at radius 2 is 1.68 bits per heavy atom. The minimum Gasteiger partial charge on any atom is -0.492 e. The summed E-state index contributed by atoms with van der Waals surface area (Å²) in [6, 6.07) is 8.67. The van der Waals surface area contributed by atoms with Gasteiger partial charge in [0.25, 0.3) is 5.91 Å². The number of rotatable bonds is 16. The monoisotopic (exact) mass is 826 g/mol. The van der Waals surface area contributed by atoms with Gasteiger partial charge in [-0.1, -0.05) is 37.8 Å². The lowest BCUT2D eigenvalue weighted by molar-refractivity contribution is -0.136. The van der Waals surface area contributed by atoms with Crippen molar-refractivity contribution in [3.8, 4) is 5.75 Å². The Bertz CT molecular complexity index is 2310. The first-order valence-corrected chi connectivity index (χ1v) is 22.6. The topological polar surface area (TPSA) is 180 Å². The molecule has 0 radical (unpaired) electrons. The minimum atomic E-state index is -3.77. The molecule has 2 aromatic carbocycles. The molecule has 316 valence electrons. The number of anilines is 2. The summed E-state index contributed by atoms with van der Waals surface area (Å²) in [7, 11) is -3.77. The highest BCUT2D eigenvalue weighted by molar-refractivity contribution is 7.92. The summed E-state index contributed by atoms with van der Waals surface area (Å²) >= 11 is 0. The van der Waals surface area contributed by atoms with Gasteiger partial charge in [0.05, 0.1) is 16.9 Å². The molecule has 1 atom stereocenters. The first kappa shape index (κ1) is 42.2. The van der Waals surface area contributed by atoms with Gasteiger partial charge in [0.15, 0.2) is 15.7 Å². The van der Waals surface area contributed by atoms with Gasteiger partial charge in [-0.2, -0.15) is 5.10 Å². The van der Waals surface area contributed by atoms with Crippen LogP contribution in [0.5, 0.6) is 5.75 Å². The number of sulfone groups is 1. The molecule has 3 aliphatic heterocycles. The van der Waals surface area contributed by atoms with E-state index in [1.165, 1.54) is 31.2 Å². The van der Waals surface area contributed by atoms with Gasteiger partial charge in [-0.3, -0.25) is 24.8 Å². The van der Waals surface area contributed by atoms with Crippen molar-refractivity contribution in [2.24, 2.45) is 5.92 Å². The number of aromatic nitrogens is 4. The Balaban J connectivity index is 0.842. The van der Waals surface area contributed by atoms with Crippen LogP contribution in [0.25, 0.3) is 10.9 Å². The molecular formula is C44H58N8O6S. The number of ether oxygens (including phenoxy) is 1. The number of likely N-dealkylation sites (tertiary alicyclic amines) is 1. The number of aryl methyl sites for hydroxylation is 2. The van der Waals surface area contributed by atoms with Crippen LogP contribution in [0.1, 0.15) is 118 Å². The Hall–Kier alpha value is -4.89. The summed E-state index contributed by atoms with van der Waals surface area (Å²) in [5, 5.41) is 13.5. The number of hydrogen-bond donors (Lipinski definition) is 3. The van der Waals surface area contributed by atoms with Crippen molar-refractivity contribution in [2.75, 3.05) is 31.6 Å². The van der Waals surface area contributed by atoms with Crippen LogP contribution >= 0.6 is 0 Å². The molecule has 0 saturated carbocycles. The van der Waals surface area contributed by atoms with E-state index in [0.717, 1.165) is 75.0 Å². The van der Waals surface area contributed by atoms with Gasteiger partial charge in [0.2, 0.25) is 11.8 Å². The third-order valence-electron chi connectivity index (χ3n) is 12.3. The highest BCUT2D eigenvalue weighted by Gasteiger charge is 2.40. The number of carbonyl (C=O) groups excluding carboxylic acids is 3. The van der Waals surface area contributed by atoms with Gasteiger partial charge in [-0.15, -0.1) is 0 Å². The fourth-order valence-corrected chi connectivity index (χ4v) is 9.68. The van der Waals surface area contributed by atoms with E-state index in [0.29, 0.717) is 59.3 Å². The third-order valence-corrected chi connectivity index (χ3v) is 14.8. The molecule has 3 aliphatic rings. The molecule has 5 heterocycles. The van der Waals surface area contributed by atoms with Crippen molar-refractivity contribution in [1.29, 1.82) is 0 Å². The molecule has 4 aromatic rings. The number of carbonyl (C=O) groups is 3. The van der Waals surface area contributed by atoms with E-state index < -0.39 is 20.6 Å². The number of H-pyrrole nitrogens is 1. The minimum absolute atomic E-state index is 0.117. The van der Waals surface area contributed by atoms with Crippen LogP contribution in [0.3, 0.4) is 0 Å². The molecule has 1 unspecified atom stereocenters. The Kier molecular flexibility index (Phi) is 12.7. The summed E-state index contributed by atoms with van der Waals surface area (Å²) < 4.78 is 33.2. The zero-order valence-corrected chi connectivity index (χ0v) is 35.8. The van der Waals surface area contributed by atoms with Gasteiger partial charge in [-0.05, 0) is 122 Å². The van der Waals surface area contributed by atoms with Crippen LogP contribution < -0.4 is 15.4 Å². The van der Waals surface area contributed by atoms with Gasteiger partial charge < -0.3 is 19.9 Å². The molecule has 0 bridgehead atoms. The van der Waals surface area contributed by atoms with Gasteiger partial charge in [0, 0.05) is 41.2 Å². The Morgan fingerprint density at radius 1 is 0.932 bits per heavy atom. The van der Waals surface area contributed by atoms with E-state index >= 15 is 0 Å². The van der Waals surface area contributed by atoms with Gasteiger partial charge in [0.1, 0.15) is 28.8 Å². The fourth-order valence-electron chi connectivity index (χ4n) is 8.36. The van der Waals surface area contributed by atoms with Crippen molar-refractivity contribution in [3.05, 3.63) is 64.6 Å². The number of unbranched alkanes of at least 4 members (excludes halogenated alkanes) is 5. The number of benzene rings is 2. The molecule has 3 amide bonds. The zero-order valence-electron chi connectivity index (χ0n) is 35.0. The Morgan fingerprint density at radius 3 is 2.39 bits per heavy atom. The van der Waals surface area contributed by atoms with E-state index in [9.17, 15) is 22.8 Å². The fraction of sp³-hybridized carbons (Fsp3) is 0.545. The molecule has 15 heteroatoms. The lowest BCUT2D eigenvalue weighted by Crippen LogP contribution is -2.52. The van der Waals surface area contributed by atoms with Gasteiger partial charge >= 0.3 is 0 Å². The summed E-state index contributed by atoms with van der Waals surface area (Å²) in [6.45, 7) is 12.9. The molecule has 0 spiro atoms. The van der Waals surface area contributed by atoms with Crippen molar-refractivity contribution in [2.45, 2.75) is 127 Å². The lowest BCUT2D eigenvalue weighted by Gasteiger charge is -2.32. The highest BCUT2D eigenvalue weighted by Crippen LogP contribution is 2.38. The lowest BCUT2D eigenvalue weighted by atomic mass is 9.97. The van der Waals surface area contributed by atoms with E-state index in [-0.39, 0.29) is 29.0 Å². The summed E-state index contributed by atoms with van der Waals surface area (Å²) in [4.78, 5) is 50.4. The molecule has 3 N–H and O–H groups in total. The third kappa shape index (κ3) is 9.30. The standard InChI is InChI=1S/C44H58N8O6S/c1-28-29(2)49-50-40(28)48-41-33-23-38(59(56,57)44(3,4)5)37(24-35(33)45-27-46-41)58-26-30-18-21-51(22-19-30)20-11-9-7-6-8-10-13-31-14-12-15-32-34(31)25-52(43(32)55)36-16-17-39(53)47-42(36)54/h12,14-15,23-24,27,30,36H,6-11,13,16-22,25-26H2,1-5H3,(H,47,53,54)(H2,45,46,48,49,50). The quantitative estimate of drug-likeness (QED) is 0.0807. The summed E-state index contributed by atoms with van der Waals surface area (Å²) in [5.41, 5.74) is 5.36. The maximum Gasteiger partial charge on any atom is 0.255 e. The first-order chi connectivity index (χ1) is 28.2. The number of aromatic amines is 1. The smallest absolute Gasteiger partial charge is 0.255 e. The molecule has 14 nitrogen and oxygen atoms in total. The number of fused-ring (bicyclic) bond motifs is 2. The molecule has 0 aliphatic carbocycles. The number of nitrogens with zero attached hydrogens (tertiary/aromatic N) is 5. The van der Waals surface area contributed by atoms with E-state index in [1.54, 1.807) is 37.8 Å². The first-order valence-electron chi connectivity index (χ1n) is 21.1. The molecular weight excluding hydrogens is 769 g/mol. The van der Waals surface area contributed by atoms with E-state index in [4.69, 9.17) is 4.74 Å². The highest BCUT2D eigenvalue weighted by atomic mass is 32.2. The van der Waals surface area contributed by atoms with Crippen LogP contribution in [-0.2, 0) is 32.4 Å². The molecule has 2 saturated heterocycles. The van der Waals surface area contributed by atoms with Crippen molar-refractivity contribution >= 4 is 50.1 Å². The maximum absolute atomic E-state index is 13.9. The predicted molar refractivity (Wildman–Crippen MR) is 226 cm³/mol. The maximum atomic E-state index is 13.9.